The van der Waals surface area contributed by atoms with Gasteiger partial charge < -0.3 is 10.1 Å². The van der Waals surface area contributed by atoms with E-state index in [2.05, 4.69) is 24.1 Å². The molecule has 80 valence electrons. The van der Waals surface area contributed by atoms with Gasteiger partial charge in [0.15, 0.2) is 0 Å². The minimum atomic E-state index is 0.0205. The summed E-state index contributed by atoms with van der Waals surface area (Å²) in [5.74, 6) is 0. The average Bonchev–Trinajstić information content (AvgIpc) is 2.48. The Bertz CT molecular complexity index is 283. The monoisotopic (exact) mass is 214 g/mol. The third kappa shape index (κ3) is 3.74. The highest BCUT2D eigenvalue weighted by atomic mass is 32.1. The van der Waals surface area contributed by atoms with Crippen LogP contribution in [-0.4, -0.2) is 24.2 Å². The number of methoxy groups -OCH3 is 1. The molecule has 0 saturated heterocycles. The van der Waals surface area contributed by atoms with Gasteiger partial charge in [-0.3, -0.25) is 0 Å². The van der Waals surface area contributed by atoms with Gasteiger partial charge in [-0.05, 0) is 20.8 Å². The second-order valence-electron chi connectivity index (χ2n) is 4.02. The summed E-state index contributed by atoms with van der Waals surface area (Å²) in [4.78, 5) is 5.48. The third-order valence-corrected chi connectivity index (χ3v) is 2.83. The van der Waals surface area contributed by atoms with Crippen LogP contribution in [-0.2, 0) is 11.3 Å². The van der Waals surface area contributed by atoms with E-state index in [4.69, 9.17) is 4.74 Å². The van der Waals surface area contributed by atoms with E-state index < -0.39 is 0 Å². The summed E-state index contributed by atoms with van der Waals surface area (Å²) in [5, 5.41) is 4.55. The van der Waals surface area contributed by atoms with Crippen LogP contribution in [0.5, 0.6) is 0 Å². The van der Waals surface area contributed by atoms with Gasteiger partial charge in [0.2, 0.25) is 0 Å². The first-order valence-electron chi connectivity index (χ1n) is 4.69. The predicted molar refractivity (Wildman–Crippen MR) is 59.6 cm³/mol. The molecule has 0 spiro atoms. The van der Waals surface area contributed by atoms with Gasteiger partial charge in [-0.15, -0.1) is 11.3 Å². The van der Waals surface area contributed by atoms with Gasteiger partial charge in [-0.2, -0.15) is 0 Å². The molecule has 1 rings (SSSR count). The van der Waals surface area contributed by atoms with Gasteiger partial charge in [-0.1, -0.05) is 0 Å². The molecule has 0 aliphatic heterocycles. The maximum atomic E-state index is 5.13. The first-order chi connectivity index (χ1) is 6.53. The maximum absolute atomic E-state index is 5.13. The van der Waals surface area contributed by atoms with Crippen molar-refractivity contribution in [1.29, 1.82) is 0 Å². The summed E-state index contributed by atoms with van der Waals surface area (Å²) in [6.45, 7) is 7.86. The lowest BCUT2D eigenvalue weighted by Gasteiger charge is -2.24. The van der Waals surface area contributed by atoms with Crippen molar-refractivity contribution in [2.45, 2.75) is 32.9 Å². The number of thiazole rings is 1. The Morgan fingerprint density at radius 1 is 1.57 bits per heavy atom. The molecule has 0 fully saturated rings. The van der Waals surface area contributed by atoms with Crippen LogP contribution in [0.3, 0.4) is 0 Å². The molecule has 0 amide bonds. The second-order valence-corrected chi connectivity index (χ2v) is 5.34. The lowest BCUT2D eigenvalue weighted by molar-refractivity contribution is 0.128. The minimum absolute atomic E-state index is 0.0205. The van der Waals surface area contributed by atoms with Crippen molar-refractivity contribution in [2.24, 2.45) is 0 Å². The summed E-state index contributed by atoms with van der Waals surface area (Å²) in [6.07, 6.45) is 1.93. The first-order valence-corrected chi connectivity index (χ1v) is 5.50. The summed E-state index contributed by atoms with van der Waals surface area (Å²) in [6, 6.07) is 0. The summed E-state index contributed by atoms with van der Waals surface area (Å²) in [5.41, 5.74) is 0.0205. The van der Waals surface area contributed by atoms with Crippen LogP contribution in [0, 0.1) is 6.92 Å². The molecule has 0 aliphatic rings. The molecule has 0 aromatic carbocycles. The fourth-order valence-corrected chi connectivity index (χ4v) is 1.96. The van der Waals surface area contributed by atoms with E-state index in [9.17, 15) is 0 Å². The van der Waals surface area contributed by atoms with Crippen LogP contribution >= 0.6 is 11.3 Å². The van der Waals surface area contributed by atoms with Gasteiger partial charge in [0.05, 0.1) is 11.6 Å². The van der Waals surface area contributed by atoms with Crippen LogP contribution in [0.25, 0.3) is 0 Å². The molecule has 14 heavy (non-hydrogen) atoms. The van der Waals surface area contributed by atoms with E-state index in [0.717, 1.165) is 11.6 Å². The zero-order valence-corrected chi connectivity index (χ0v) is 10.1. The normalized spacial score (nSPS) is 12.0. The molecule has 0 bridgehead atoms. The van der Waals surface area contributed by atoms with Crippen molar-refractivity contribution in [1.82, 2.24) is 10.3 Å². The smallest absolute Gasteiger partial charge is 0.0897 e. The molecule has 1 aromatic heterocycles. The van der Waals surface area contributed by atoms with Gasteiger partial charge in [0.1, 0.15) is 0 Å². The molecule has 0 saturated carbocycles. The molecular weight excluding hydrogens is 196 g/mol. The number of aromatic nitrogens is 1. The molecule has 3 nitrogen and oxygen atoms in total. The number of rotatable bonds is 5. The standard InChI is InChI=1S/C10H18N2OS/c1-8-11-5-9(14-8)6-12-10(2,3)7-13-4/h5,12H,6-7H2,1-4H3. The van der Waals surface area contributed by atoms with Gasteiger partial charge in [0, 0.05) is 30.3 Å². The Hall–Kier alpha value is -0.450. The Labute approximate surface area is 89.5 Å². The maximum Gasteiger partial charge on any atom is 0.0897 e. The van der Waals surface area contributed by atoms with E-state index in [1.54, 1.807) is 18.4 Å². The molecule has 0 aliphatic carbocycles. The lowest BCUT2D eigenvalue weighted by Crippen LogP contribution is -2.42. The van der Waals surface area contributed by atoms with E-state index in [0.29, 0.717) is 6.61 Å². The van der Waals surface area contributed by atoms with Crippen molar-refractivity contribution in [3.63, 3.8) is 0 Å². The number of aryl methyl sites for hydroxylation is 1. The van der Waals surface area contributed by atoms with Gasteiger partial charge >= 0.3 is 0 Å². The van der Waals surface area contributed by atoms with E-state index in [1.165, 1.54) is 4.88 Å². The highest BCUT2D eigenvalue weighted by Crippen LogP contribution is 2.12. The molecule has 1 heterocycles. The SMILES string of the molecule is COCC(C)(C)NCc1cnc(C)s1. The molecule has 0 atom stereocenters. The quantitative estimate of drug-likeness (QED) is 0.813. The van der Waals surface area contributed by atoms with E-state index >= 15 is 0 Å². The largest absolute Gasteiger partial charge is 0.383 e. The summed E-state index contributed by atoms with van der Waals surface area (Å²) < 4.78 is 5.13. The fourth-order valence-electron chi connectivity index (χ4n) is 1.23. The average molecular weight is 214 g/mol. The summed E-state index contributed by atoms with van der Waals surface area (Å²) >= 11 is 1.73. The fraction of sp³-hybridized carbons (Fsp3) is 0.700. The number of hydrogen-bond donors (Lipinski definition) is 1. The van der Waals surface area contributed by atoms with Crippen molar-refractivity contribution < 1.29 is 4.74 Å². The van der Waals surface area contributed by atoms with E-state index in [1.807, 2.05) is 13.1 Å². The van der Waals surface area contributed by atoms with Crippen LogP contribution in [0.4, 0.5) is 0 Å². The van der Waals surface area contributed by atoms with Crippen LogP contribution in [0.15, 0.2) is 6.20 Å². The first kappa shape index (κ1) is 11.6. The number of hydrogen-bond acceptors (Lipinski definition) is 4. The zero-order valence-electron chi connectivity index (χ0n) is 9.26. The van der Waals surface area contributed by atoms with Gasteiger partial charge in [0.25, 0.3) is 0 Å². The Balaban J connectivity index is 2.40. The number of ether oxygens (including phenoxy) is 1. The minimum Gasteiger partial charge on any atom is -0.383 e. The molecule has 1 N–H and O–H groups in total. The zero-order chi connectivity index (χ0) is 10.6. The topological polar surface area (TPSA) is 34.1 Å². The Morgan fingerprint density at radius 2 is 2.29 bits per heavy atom. The van der Waals surface area contributed by atoms with Crippen LogP contribution in [0.1, 0.15) is 23.7 Å². The van der Waals surface area contributed by atoms with Crippen molar-refractivity contribution >= 4 is 11.3 Å². The molecular formula is C10H18N2OS. The lowest BCUT2D eigenvalue weighted by atomic mass is 10.1. The van der Waals surface area contributed by atoms with Crippen molar-refractivity contribution in [3.8, 4) is 0 Å². The number of nitrogens with zero attached hydrogens (tertiary/aromatic N) is 1. The van der Waals surface area contributed by atoms with Crippen molar-refractivity contribution in [2.75, 3.05) is 13.7 Å². The Kier molecular flexibility index (Phi) is 4.04. The van der Waals surface area contributed by atoms with E-state index in [-0.39, 0.29) is 5.54 Å². The molecule has 0 radical (unpaired) electrons. The highest BCUT2D eigenvalue weighted by Gasteiger charge is 2.16. The number of nitrogens with one attached hydrogen (secondary N) is 1. The third-order valence-electron chi connectivity index (χ3n) is 1.92. The Morgan fingerprint density at radius 3 is 2.79 bits per heavy atom. The molecule has 0 unspecified atom stereocenters. The highest BCUT2D eigenvalue weighted by molar-refractivity contribution is 7.11. The predicted octanol–water partition coefficient (Wildman–Crippen LogP) is 1.97. The second kappa shape index (κ2) is 4.87. The van der Waals surface area contributed by atoms with Crippen LogP contribution in [0.2, 0.25) is 0 Å². The van der Waals surface area contributed by atoms with Gasteiger partial charge in [-0.25, -0.2) is 4.98 Å². The van der Waals surface area contributed by atoms with Crippen LogP contribution < -0.4 is 5.32 Å². The summed E-state index contributed by atoms with van der Waals surface area (Å²) in [7, 11) is 1.72. The molecule has 1 aromatic rings. The van der Waals surface area contributed by atoms with Crippen molar-refractivity contribution in [3.05, 3.63) is 16.1 Å². The molecule has 4 heteroatoms.